The maximum Gasteiger partial charge on any atom is 0.232 e. The van der Waals surface area contributed by atoms with Gasteiger partial charge in [-0.25, -0.2) is 4.98 Å². The van der Waals surface area contributed by atoms with E-state index in [1.54, 1.807) is 24.8 Å². The molecule has 120 valence electrons. The van der Waals surface area contributed by atoms with Crippen LogP contribution in [0, 0.1) is 0 Å². The van der Waals surface area contributed by atoms with Gasteiger partial charge in [-0.2, -0.15) is 0 Å². The third-order valence-corrected chi connectivity index (χ3v) is 4.43. The molecule has 1 spiro atoms. The van der Waals surface area contributed by atoms with E-state index in [2.05, 4.69) is 25.9 Å². The second-order valence-corrected chi connectivity index (χ2v) is 6.31. The summed E-state index contributed by atoms with van der Waals surface area (Å²) in [6.45, 7) is 3.56. The second-order valence-electron chi connectivity index (χ2n) is 6.31. The van der Waals surface area contributed by atoms with Crippen LogP contribution in [-0.4, -0.2) is 51.3 Å². The van der Waals surface area contributed by atoms with Gasteiger partial charge in [0.15, 0.2) is 0 Å². The molecule has 2 aliphatic rings. The van der Waals surface area contributed by atoms with Gasteiger partial charge in [0.1, 0.15) is 6.10 Å². The largest absolute Gasteiger partial charge is 0.473 e. The molecule has 2 saturated heterocycles. The number of aromatic nitrogens is 3. The smallest absolute Gasteiger partial charge is 0.232 e. The molecular weight excluding hydrogens is 292 g/mol. The van der Waals surface area contributed by atoms with E-state index in [4.69, 9.17) is 9.47 Å². The van der Waals surface area contributed by atoms with Gasteiger partial charge in [0.25, 0.3) is 0 Å². The van der Waals surface area contributed by atoms with Gasteiger partial charge in [0.2, 0.25) is 5.88 Å². The number of hydrogen-bond acceptors (Lipinski definition) is 6. The monoisotopic (exact) mass is 312 g/mol. The van der Waals surface area contributed by atoms with Gasteiger partial charge >= 0.3 is 0 Å². The third kappa shape index (κ3) is 3.33. The molecule has 0 radical (unpaired) electrons. The molecule has 4 heterocycles. The van der Waals surface area contributed by atoms with E-state index >= 15 is 0 Å². The first-order valence-electron chi connectivity index (χ1n) is 7.99. The highest BCUT2D eigenvalue weighted by atomic mass is 16.5. The molecule has 1 atom stereocenters. The zero-order chi connectivity index (χ0) is 15.5. The van der Waals surface area contributed by atoms with Gasteiger partial charge in [0, 0.05) is 57.3 Å². The van der Waals surface area contributed by atoms with E-state index in [0.717, 1.165) is 39.1 Å². The summed E-state index contributed by atoms with van der Waals surface area (Å²) in [5, 5.41) is 0. The summed E-state index contributed by atoms with van der Waals surface area (Å²) in [5.74, 6) is 0.598. The summed E-state index contributed by atoms with van der Waals surface area (Å²) in [6.07, 6.45) is 10.7. The van der Waals surface area contributed by atoms with Crippen molar-refractivity contribution >= 4 is 0 Å². The number of nitrogens with zero attached hydrogens (tertiary/aromatic N) is 4. The van der Waals surface area contributed by atoms with Crippen molar-refractivity contribution in [1.29, 1.82) is 0 Å². The van der Waals surface area contributed by atoms with Crippen molar-refractivity contribution in [1.82, 2.24) is 19.9 Å². The first-order chi connectivity index (χ1) is 11.3. The molecule has 0 unspecified atom stereocenters. The Morgan fingerprint density at radius 3 is 2.91 bits per heavy atom. The average molecular weight is 312 g/mol. The van der Waals surface area contributed by atoms with Crippen LogP contribution in [0.5, 0.6) is 5.88 Å². The molecule has 0 aliphatic carbocycles. The lowest BCUT2D eigenvalue weighted by Crippen LogP contribution is -2.65. The Bertz CT molecular complexity index is 632. The van der Waals surface area contributed by atoms with Gasteiger partial charge in [-0.15, -0.1) is 0 Å². The van der Waals surface area contributed by atoms with Crippen LogP contribution in [0.1, 0.15) is 18.4 Å². The van der Waals surface area contributed by atoms with Crippen LogP contribution in [0.15, 0.2) is 43.1 Å². The van der Waals surface area contributed by atoms with E-state index in [9.17, 15) is 0 Å². The molecule has 2 aromatic rings. The molecule has 2 aliphatic heterocycles. The lowest BCUT2D eigenvalue weighted by atomic mass is 9.84. The topological polar surface area (TPSA) is 60.4 Å². The van der Waals surface area contributed by atoms with Crippen molar-refractivity contribution in [3.05, 3.63) is 48.7 Å². The van der Waals surface area contributed by atoms with Gasteiger partial charge in [-0.3, -0.25) is 14.9 Å². The van der Waals surface area contributed by atoms with Gasteiger partial charge in [-0.1, -0.05) is 6.07 Å². The molecule has 6 heteroatoms. The van der Waals surface area contributed by atoms with E-state index in [0.29, 0.717) is 5.88 Å². The molecule has 0 saturated carbocycles. The SMILES string of the molecule is c1cncc(CN2CC3(C[C@@H](Oc4cnccn4)CCO3)C2)c1. The first kappa shape index (κ1) is 14.5. The van der Waals surface area contributed by atoms with Crippen LogP contribution in [0.25, 0.3) is 0 Å². The van der Waals surface area contributed by atoms with E-state index < -0.39 is 0 Å². The van der Waals surface area contributed by atoms with Crippen molar-refractivity contribution in [2.24, 2.45) is 0 Å². The zero-order valence-electron chi connectivity index (χ0n) is 13.0. The van der Waals surface area contributed by atoms with Crippen molar-refractivity contribution in [3.8, 4) is 5.88 Å². The number of hydrogen-bond donors (Lipinski definition) is 0. The van der Waals surface area contributed by atoms with Crippen molar-refractivity contribution in [2.75, 3.05) is 19.7 Å². The Morgan fingerprint density at radius 1 is 1.22 bits per heavy atom. The van der Waals surface area contributed by atoms with E-state index in [1.807, 2.05) is 12.3 Å². The Labute approximate surface area is 135 Å². The molecule has 0 N–H and O–H groups in total. The lowest BCUT2D eigenvalue weighted by Gasteiger charge is -2.53. The van der Waals surface area contributed by atoms with Gasteiger partial charge < -0.3 is 9.47 Å². The van der Waals surface area contributed by atoms with Crippen LogP contribution < -0.4 is 4.74 Å². The molecule has 6 nitrogen and oxygen atoms in total. The van der Waals surface area contributed by atoms with Crippen molar-refractivity contribution < 1.29 is 9.47 Å². The van der Waals surface area contributed by atoms with Gasteiger partial charge in [-0.05, 0) is 11.6 Å². The molecule has 2 aromatic heterocycles. The fourth-order valence-corrected chi connectivity index (χ4v) is 3.45. The maximum absolute atomic E-state index is 6.06. The molecule has 0 amide bonds. The standard InChI is InChI=1S/C17H20N4O2/c1-2-14(9-18-4-1)11-21-12-17(13-21)8-15(3-7-22-17)23-16-10-19-5-6-20-16/h1-2,4-6,9-10,15H,3,7-8,11-13H2/t15-/m0/s1. The zero-order valence-corrected chi connectivity index (χ0v) is 13.0. The summed E-state index contributed by atoms with van der Waals surface area (Å²) >= 11 is 0. The number of rotatable bonds is 4. The summed E-state index contributed by atoms with van der Waals surface area (Å²) in [5.41, 5.74) is 1.18. The predicted molar refractivity (Wildman–Crippen MR) is 83.9 cm³/mol. The molecule has 4 rings (SSSR count). The van der Waals surface area contributed by atoms with E-state index in [-0.39, 0.29) is 11.7 Å². The highest BCUT2D eigenvalue weighted by Crippen LogP contribution is 2.36. The number of likely N-dealkylation sites (tertiary alicyclic amines) is 1. The van der Waals surface area contributed by atoms with E-state index in [1.165, 1.54) is 5.56 Å². The summed E-state index contributed by atoms with van der Waals surface area (Å²) < 4.78 is 12.0. The quantitative estimate of drug-likeness (QED) is 0.856. The highest BCUT2D eigenvalue weighted by molar-refractivity contribution is 5.11. The molecular formula is C17H20N4O2. The maximum atomic E-state index is 6.06. The Balaban J connectivity index is 1.32. The van der Waals surface area contributed by atoms with Crippen LogP contribution >= 0.6 is 0 Å². The normalized spacial score (nSPS) is 23.4. The van der Waals surface area contributed by atoms with Crippen LogP contribution in [0.2, 0.25) is 0 Å². The molecule has 0 aromatic carbocycles. The molecule has 23 heavy (non-hydrogen) atoms. The van der Waals surface area contributed by atoms with Crippen LogP contribution in [-0.2, 0) is 11.3 Å². The number of ether oxygens (including phenoxy) is 2. The van der Waals surface area contributed by atoms with Crippen molar-refractivity contribution in [3.63, 3.8) is 0 Å². The fraction of sp³-hybridized carbons (Fsp3) is 0.471. The third-order valence-electron chi connectivity index (χ3n) is 4.43. The summed E-state index contributed by atoms with van der Waals surface area (Å²) in [7, 11) is 0. The van der Waals surface area contributed by atoms with Crippen LogP contribution in [0.4, 0.5) is 0 Å². The second kappa shape index (κ2) is 6.22. The summed E-state index contributed by atoms with van der Waals surface area (Å²) in [4.78, 5) is 14.8. The minimum absolute atomic E-state index is 0.0622. The average Bonchev–Trinajstić information content (AvgIpc) is 2.56. The first-order valence-corrected chi connectivity index (χ1v) is 7.99. The Morgan fingerprint density at radius 2 is 2.13 bits per heavy atom. The Hall–Kier alpha value is -2.05. The molecule has 2 fully saturated rings. The lowest BCUT2D eigenvalue weighted by molar-refractivity contribution is -0.188. The Kier molecular flexibility index (Phi) is 3.93. The summed E-state index contributed by atoms with van der Waals surface area (Å²) in [6, 6.07) is 4.09. The molecule has 0 bridgehead atoms. The fourth-order valence-electron chi connectivity index (χ4n) is 3.45. The van der Waals surface area contributed by atoms with Crippen LogP contribution in [0.3, 0.4) is 0 Å². The van der Waals surface area contributed by atoms with Gasteiger partial charge in [0.05, 0.1) is 18.4 Å². The minimum Gasteiger partial charge on any atom is -0.473 e. The number of pyridine rings is 1. The predicted octanol–water partition coefficient (Wildman–Crippen LogP) is 1.68. The minimum atomic E-state index is -0.0622. The highest BCUT2D eigenvalue weighted by Gasteiger charge is 2.48. The van der Waals surface area contributed by atoms with Crippen molar-refractivity contribution in [2.45, 2.75) is 31.1 Å².